The maximum Gasteiger partial charge on any atom is 0.329 e. The van der Waals surface area contributed by atoms with E-state index in [0.29, 0.717) is 11.9 Å². The first-order chi connectivity index (χ1) is 8.99. The smallest absolute Gasteiger partial charge is 0.329 e. The Morgan fingerprint density at radius 1 is 1.47 bits per heavy atom. The van der Waals surface area contributed by atoms with Crippen LogP contribution >= 0.6 is 11.6 Å². The number of halogens is 1. The molecule has 0 aliphatic carbocycles. The van der Waals surface area contributed by atoms with E-state index in [2.05, 4.69) is 14.9 Å². The molecule has 2 heterocycles. The summed E-state index contributed by atoms with van der Waals surface area (Å²) in [5, 5.41) is 11.0. The van der Waals surface area contributed by atoms with Crippen molar-refractivity contribution in [3.63, 3.8) is 0 Å². The summed E-state index contributed by atoms with van der Waals surface area (Å²) in [5.41, 5.74) is -0.0901. The van der Waals surface area contributed by atoms with Crippen LogP contribution in [-0.4, -0.2) is 53.0 Å². The Labute approximate surface area is 116 Å². The highest BCUT2D eigenvalue weighted by atomic mass is 35.5. The van der Waals surface area contributed by atoms with Gasteiger partial charge in [0.15, 0.2) is 0 Å². The molecule has 1 saturated heterocycles. The third-order valence-corrected chi connectivity index (χ3v) is 3.59. The number of nitrogens with zero attached hydrogens (tertiary/aromatic N) is 5. The van der Waals surface area contributed by atoms with Gasteiger partial charge in [-0.2, -0.15) is 4.98 Å². The van der Waals surface area contributed by atoms with Gasteiger partial charge >= 0.3 is 5.69 Å². The van der Waals surface area contributed by atoms with Gasteiger partial charge in [0, 0.05) is 19.1 Å². The summed E-state index contributed by atoms with van der Waals surface area (Å²) < 4.78 is 0. The maximum absolute atomic E-state index is 11.0. The van der Waals surface area contributed by atoms with Crippen LogP contribution in [0.3, 0.4) is 0 Å². The van der Waals surface area contributed by atoms with E-state index in [1.807, 2.05) is 19.0 Å². The summed E-state index contributed by atoms with van der Waals surface area (Å²) in [7, 11) is 4.09. The van der Waals surface area contributed by atoms with Crippen molar-refractivity contribution in [2.45, 2.75) is 18.9 Å². The molecule has 0 aromatic carbocycles. The highest BCUT2D eigenvalue weighted by molar-refractivity contribution is 6.28. The Bertz CT molecular complexity index is 474. The monoisotopic (exact) mass is 285 g/mol. The molecule has 0 bridgehead atoms. The molecule has 7 nitrogen and oxygen atoms in total. The van der Waals surface area contributed by atoms with Gasteiger partial charge in [-0.1, -0.05) is 0 Å². The van der Waals surface area contributed by atoms with E-state index in [1.54, 1.807) is 0 Å². The van der Waals surface area contributed by atoms with Gasteiger partial charge in [0.25, 0.3) is 0 Å². The van der Waals surface area contributed by atoms with Crippen LogP contribution in [0.4, 0.5) is 11.5 Å². The third kappa shape index (κ3) is 3.10. The molecule has 0 unspecified atom stereocenters. The fourth-order valence-electron chi connectivity index (χ4n) is 2.30. The molecule has 0 spiro atoms. The summed E-state index contributed by atoms with van der Waals surface area (Å²) in [6.45, 7) is 1.47. The molecule has 19 heavy (non-hydrogen) atoms. The van der Waals surface area contributed by atoms with E-state index in [1.165, 1.54) is 6.20 Å². The molecular formula is C11H16ClN5O2. The minimum Gasteiger partial charge on any atom is -0.351 e. The second-order valence-corrected chi connectivity index (χ2v) is 5.12. The van der Waals surface area contributed by atoms with Crippen molar-refractivity contribution >= 4 is 23.1 Å². The molecule has 1 aliphatic rings. The molecular weight excluding hydrogens is 270 g/mol. The number of aromatic nitrogens is 2. The molecule has 0 saturated carbocycles. The van der Waals surface area contributed by atoms with Crippen molar-refractivity contribution in [3.05, 3.63) is 21.6 Å². The summed E-state index contributed by atoms with van der Waals surface area (Å²) in [6.07, 6.45) is 3.07. The first-order valence-corrected chi connectivity index (χ1v) is 6.45. The SMILES string of the molecule is CN(C)C1CCN(c2nc(Cl)ncc2[N+](=O)[O-])CC1. The molecule has 104 valence electrons. The van der Waals surface area contributed by atoms with Gasteiger partial charge in [-0.3, -0.25) is 10.1 Å². The largest absolute Gasteiger partial charge is 0.351 e. The highest BCUT2D eigenvalue weighted by Gasteiger charge is 2.27. The quantitative estimate of drug-likeness (QED) is 0.477. The fourth-order valence-corrected chi connectivity index (χ4v) is 2.43. The number of rotatable bonds is 3. The van der Waals surface area contributed by atoms with Crippen molar-refractivity contribution in [1.29, 1.82) is 0 Å². The second-order valence-electron chi connectivity index (χ2n) is 4.79. The predicted molar refractivity (Wildman–Crippen MR) is 72.6 cm³/mol. The van der Waals surface area contributed by atoms with Gasteiger partial charge in [-0.25, -0.2) is 4.98 Å². The molecule has 0 amide bonds. The zero-order chi connectivity index (χ0) is 14.0. The van der Waals surface area contributed by atoms with Crippen molar-refractivity contribution in [3.8, 4) is 0 Å². The lowest BCUT2D eigenvalue weighted by atomic mass is 10.0. The van der Waals surface area contributed by atoms with E-state index >= 15 is 0 Å². The Kier molecular flexibility index (Phi) is 4.16. The van der Waals surface area contributed by atoms with Gasteiger partial charge < -0.3 is 9.80 Å². The molecule has 0 N–H and O–H groups in total. The average Bonchev–Trinajstić information content (AvgIpc) is 2.38. The van der Waals surface area contributed by atoms with Crippen LogP contribution in [0.5, 0.6) is 0 Å². The van der Waals surface area contributed by atoms with Crippen LogP contribution in [0.25, 0.3) is 0 Å². The lowest BCUT2D eigenvalue weighted by molar-refractivity contribution is -0.384. The zero-order valence-corrected chi connectivity index (χ0v) is 11.7. The lowest BCUT2D eigenvalue weighted by Gasteiger charge is -2.35. The second kappa shape index (κ2) is 5.66. The van der Waals surface area contributed by atoms with E-state index < -0.39 is 4.92 Å². The summed E-state index contributed by atoms with van der Waals surface area (Å²) in [4.78, 5) is 22.3. The van der Waals surface area contributed by atoms with Crippen molar-refractivity contribution in [2.75, 3.05) is 32.1 Å². The van der Waals surface area contributed by atoms with Crippen LogP contribution in [0.1, 0.15) is 12.8 Å². The Morgan fingerprint density at radius 3 is 2.63 bits per heavy atom. The number of hydrogen-bond acceptors (Lipinski definition) is 6. The van der Waals surface area contributed by atoms with Crippen molar-refractivity contribution < 1.29 is 4.92 Å². The van der Waals surface area contributed by atoms with E-state index in [9.17, 15) is 10.1 Å². The topological polar surface area (TPSA) is 75.4 Å². The van der Waals surface area contributed by atoms with Gasteiger partial charge in [0.2, 0.25) is 11.1 Å². The number of anilines is 1. The van der Waals surface area contributed by atoms with Crippen LogP contribution in [-0.2, 0) is 0 Å². The number of hydrogen-bond donors (Lipinski definition) is 0. The molecule has 1 aliphatic heterocycles. The van der Waals surface area contributed by atoms with Crippen LogP contribution in [0.15, 0.2) is 6.20 Å². The number of piperidine rings is 1. The van der Waals surface area contributed by atoms with Crippen LogP contribution < -0.4 is 4.90 Å². The Morgan fingerprint density at radius 2 is 2.11 bits per heavy atom. The molecule has 0 radical (unpaired) electrons. The first kappa shape index (κ1) is 14.0. The highest BCUT2D eigenvalue weighted by Crippen LogP contribution is 2.29. The molecule has 0 atom stereocenters. The Balaban J connectivity index is 2.19. The minimum absolute atomic E-state index is 0.0373. The summed E-state index contributed by atoms with van der Waals surface area (Å²) in [5.74, 6) is 0.321. The van der Waals surface area contributed by atoms with Crippen molar-refractivity contribution in [2.24, 2.45) is 0 Å². The fraction of sp³-hybridized carbons (Fsp3) is 0.636. The first-order valence-electron chi connectivity index (χ1n) is 6.07. The number of nitro groups is 1. The van der Waals surface area contributed by atoms with Crippen LogP contribution in [0, 0.1) is 10.1 Å². The summed E-state index contributed by atoms with van der Waals surface area (Å²) in [6, 6.07) is 0.507. The molecule has 1 fully saturated rings. The van der Waals surface area contributed by atoms with Crippen molar-refractivity contribution in [1.82, 2.24) is 14.9 Å². The predicted octanol–water partition coefficient (Wildman–Crippen LogP) is 1.57. The van der Waals surface area contributed by atoms with E-state index in [4.69, 9.17) is 11.6 Å². The lowest BCUT2D eigenvalue weighted by Crippen LogP contribution is -2.42. The van der Waals surface area contributed by atoms with Gasteiger partial charge in [0.1, 0.15) is 6.20 Å². The minimum atomic E-state index is -0.469. The normalized spacial score (nSPS) is 16.9. The van der Waals surface area contributed by atoms with Gasteiger partial charge in [-0.05, 0) is 38.5 Å². The molecule has 8 heteroatoms. The van der Waals surface area contributed by atoms with E-state index in [0.717, 1.165) is 25.9 Å². The van der Waals surface area contributed by atoms with Gasteiger partial charge in [-0.15, -0.1) is 0 Å². The standard InChI is InChI=1S/C11H16ClN5O2/c1-15(2)8-3-5-16(6-4-8)10-9(17(18)19)7-13-11(12)14-10/h7-8H,3-6H2,1-2H3. The van der Waals surface area contributed by atoms with Gasteiger partial charge in [0.05, 0.1) is 4.92 Å². The van der Waals surface area contributed by atoms with E-state index in [-0.39, 0.29) is 11.0 Å². The Hall–Kier alpha value is -1.47. The maximum atomic E-state index is 11.0. The average molecular weight is 286 g/mol. The third-order valence-electron chi connectivity index (χ3n) is 3.41. The molecule has 1 aromatic heterocycles. The zero-order valence-electron chi connectivity index (χ0n) is 10.9. The molecule has 1 aromatic rings. The molecule has 2 rings (SSSR count). The summed E-state index contributed by atoms with van der Waals surface area (Å²) >= 11 is 5.74. The van der Waals surface area contributed by atoms with Crippen LogP contribution in [0.2, 0.25) is 5.28 Å².